The van der Waals surface area contributed by atoms with E-state index in [2.05, 4.69) is 0 Å². The summed E-state index contributed by atoms with van der Waals surface area (Å²) in [6.45, 7) is 11.3. The van der Waals surface area contributed by atoms with Crippen LogP contribution in [0, 0.1) is 16.7 Å². The molecule has 0 saturated heterocycles. The van der Waals surface area contributed by atoms with Gasteiger partial charge >= 0.3 is 0 Å². The van der Waals surface area contributed by atoms with E-state index in [1.165, 1.54) is 0 Å². The molecule has 0 rings (SSSR count). The highest BCUT2D eigenvalue weighted by Crippen LogP contribution is 2.40. The van der Waals surface area contributed by atoms with Gasteiger partial charge in [-0.05, 0) is 16.7 Å². The molecule has 0 radical (unpaired) electrons. The van der Waals surface area contributed by atoms with Crippen LogP contribution in [0.25, 0.3) is 0 Å². The van der Waals surface area contributed by atoms with E-state index in [0.717, 1.165) is 6.26 Å². The van der Waals surface area contributed by atoms with Crippen LogP contribution >= 0.6 is 0 Å². The predicted octanol–water partition coefficient (Wildman–Crippen LogP) is 2.74. The first-order valence-corrected chi connectivity index (χ1v) is 6.70. The molecule has 3 heteroatoms. The van der Waals surface area contributed by atoms with Crippen LogP contribution in [0.2, 0.25) is 0 Å². The second kappa shape index (κ2) is 3.84. The summed E-state index contributed by atoms with van der Waals surface area (Å²) in [5.41, 5.74) is -3.03. The average molecular weight is 222 g/mol. The molecule has 0 aliphatic heterocycles. The van der Waals surface area contributed by atoms with Crippen molar-refractivity contribution < 1.29 is 11.2 Å². The molecule has 86 valence electrons. The summed E-state index contributed by atoms with van der Waals surface area (Å²) >= 11 is 0. The molecule has 0 amide bonds. The lowest BCUT2D eigenvalue weighted by atomic mass is 9.68. The van der Waals surface area contributed by atoms with Gasteiger partial charge < -0.3 is 0 Å². The Hall–Kier alpha value is -0.0500. The summed E-state index contributed by atoms with van der Waals surface area (Å²) in [6.07, 6.45) is 0.970. The standard InChI is InChI=1S/C11H24O2S/c1-10(2,3)9(11(4,5)6)8-14(7,12)13/h9H,8H2,1-7H3/i8D2. The van der Waals surface area contributed by atoms with Gasteiger partial charge in [-0.25, -0.2) is 8.42 Å². The zero-order valence-corrected chi connectivity index (χ0v) is 11.1. The molecule has 0 heterocycles. The smallest absolute Gasteiger partial charge is 0.147 e. The van der Waals surface area contributed by atoms with Crippen LogP contribution in [0.5, 0.6) is 0 Å². The van der Waals surface area contributed by atoms with Crippen LogP contribution in [0.1, 0.15) is 44.3 Å². The Kier molecular flexibility index (Phi) is 2.87. The lowest BCUT2D eigenvalue weighted by molar-refractivity contribution is 0.123. The predicted molar refractivity (Wildman–Crippen MR) is 62.1 cm³/mol. The Morgan fingerprint density at radius 2 is 1.36 bits per heavy atom. The van der Waals surface area contributed by atoms with Crippen molar-refractivity contribution in [2.75, 3.05) is 12.0 Å². The first kappa shape index (κ1) is 10.5. The summed E-state index contributed by atoms with van der Waals surface area (Å²) in [5.74, 6) is -0.567. The molecule has 2 nitrogen and oxygen atoms in total. The summed E-state index contributed by atoms with van der Waals surface area (Å²) in [6, 6.07) is 0. The quantitative estimate of drug-likeness (QED) is 0.720. The largest absolute Gasteiger partial charge is 0.229 e. The zero-order valence-electron chi connectivity index (χ0n) is 12.3. The van der Waals surface area contributed by atoms with E-state index in [1.54, 1.807) is 0 Å². The summed E-state index contributed by atoms with van der Waals surface area (Å²) < 4.78 is 39.1. The highest BCUT2D eigenvalue weighted by molar-refractivity contribution is 7.90. The molecule has 0 fully saturated rings. The summed E-state index contributed by atoms with van der Waals surface area (Å²) in [4.78, 5) is 0. The fraction of sp³-hybridized carbons (Fsp3) is 1.00. The lowest BCUT2D eigenvalue weighted by Crippen LogP contribution is -2.37. The minimum atomic E-state index is -3.73. The number of rotatable bonds is 2. The van der Waals surface area contributed by atoms with E-state index in [4.69, 9.17) is 2.74 Å². The normalized spacial score (nSPS) is 18.0. The van der Waals surface area contributed by atoms with Crippen molar-refractivity contribution in [1.82, 2.24) is 0 Å². The van der Waals surface area contributed by atoms with E-state index in [9.17, 15) is 8.42 Å². The van der Waals surface area contributed by atoms with Gasteiger partial charge in [0.05, 0.1) is 5.70 Å². The Bertz CT molecular complexity index is 331. The Labute approximate surface area is 91.8 Å². The first-order chi connectivity index (χ1) is 6.62. The van der Waals surface area contributed by atoms with Gasteiger partial charge in [-0.3, -0.25) is 0 Å². The Morgan fingerprint density at radius 1 is 1.07 bits per heavy atom. The minimum absolute atomic E-state index is 0.412. The highest BCUT2D eigenvalue weighted by atomic mass is 32.2. The molecule has 0 atom stereocenters. The van der Waals surface area contributed by atoms with Gasteiger partial charge in [0.25, 0.3) is 0 Å². The Morgan fingerprint density at radius 3 is 1.43 bits per heavy atom. The van der Waals surface area contributed by atoms with E-state index < -0.39 is 32.3 Å². The van der Waals surface area contributed by atoms with Crippen molar-refractivity contribution in [2.45, 2.75) is 41.5 Å². The molecular formula is C11H24O2S. The minimum Gasteiger partial charge on any atom is -0.229 e. The SMILES string of the molecule is [2H]C([2H])(C(C(C)(C)C)C(C)(C)C)S(C)(=O)=O. The van der Waals surface area contributed by atoms with Gasteiger partial charge in [-0.1, -0.05) is 41.5 Å². The first-order valence-electron chi connectivity index (χ1n) is 5.81. The van der Waals surface area contributed by atoms with Crippen LogP contribution in [-0.4, -0.2) is 20.4 Å². The maximum atomic E-state index is 11.6. The van der Waals surface area contributed by atoms with Crippen molar-refractivity contribution in [1.29, 1.82) is 0 Å². The summed E-state index contributed by atoms with van der Waals surface area (Å²) in [7, 11) is -3.73. The van der Waals surface area contributed by atoms with Crippen molar-refractivity contribution in [3.8, 4) is 0 Å². The van der Waals surface area contributed by atoms with Gasteiger partial charge in [0, 0.05) is 9.00 Å². The third-order valence-corrected chi connectivity index (χ3v) is 2.73. The second-order valence-electron chi connectivity index (χ2n) is 6.06. The van der Waals surface area contributed by atoms with Crippen LogP contribution in [-0.2, 0) is 9.84 Å². The highest BCUT2D eigenvalue weighted by Gasteiger charge is 2.36. The molecule has 14 heavy (non-hydrogen) atoms. The van der Waals surface area contributed by atoms with E-state index >= 15 is 0 Å². The molecule has 0 saturated carbocycles. The summed E-state index contributed by atoms with van der Waals surface area (Å²) in [5, 5.41) is 0. The van der Waals surface area contributed by atoms with Crippen molar-refractivity contribution in [3.63, 3.8) is 0 Å². The third-order valence-electron chi connectivity index (χ3n) is 2.06. The van der Waals surface area contributed by atoms with Gasteiger partial charge in [0.15, 0.2) is 0 Å². The number of sulfone groups is 1. The van der Waals surface area contributed by atoms with Crippen LogP contribution in [0.3, 0.4) is 0 Å². The Balaban J connectivity index is 5.76. The van der Waals surface area contributed by atoms with E-state index in [1.807, 2.05) is 41.5 Å². The molecule has 0 N–H and O–H groups in total. The maximum Gasteiger partial charge on any atom is 0.147 e. The topological polar surface area (TPSA) is 34.1 Å². The monoisotopic (exact) mass is 222 g/mol. The molecule has 0 aliphatic carbocycles. The van der Waals surface area contributed by atoms with Crippen LogP contribution in [0.4, 0.5) is 0 Å². The second-order valence-corrected chi connectivity index (χ2v) is 7.84. The lowest BCUT2D eigenvalue weighted by Gasteiger charge is -2.40. The van der Waals surface area contributed by atoms with E-state index in [0.29, 0.717) is 0 Å². The number of hydrogen-bond donors (Lipinski definition) is 0. The fourth-order valence-electron chi connectivity index (χ4n) is 1.87. The van der Waals surface area contributed by atoms with Gasteiger partial charge in [-0.2, -0.15) is 0 Å². The molecule has 0 aromatic carbocycles. The van der Waals surface area contributed by atoms with Crippen molar-refractivity contribution in [3.05, 3.63) is 0 Å². The number of hydrogen-bond acceptors (Lipinski definition) is 2. The maximum absolute atomic E-state index is 11.6. The zero-order chi connectivity index (χ0) is 13.6. The van der Waals surface area contributed by atoms with E-state index in [-0.39, 0.29) is 0 Å². The fourth-order valence-corrected chi connectivity index (χ4v) is 3.00. The van der Waals surface area contributed by atoms with Gasteiger partial charge in [-0.15, -0.1) is 0 Å². The average Bonchev–Trinajstić information content (AvgIpc) is 1.72. The van der Waals surface area contributed by atoms with Gasteiger partial charge in [0.1, 0.15) is 9.84 Å². The van der Waals surface area contributed by atoms with Crippen LogP contribution in [0.15, 0.2) is 0 Å². The molecular weight excluding hydrogens is 196 g/mol. The molecule has 0 bridgehead atoms. The molecule has 0 unspecified atom stereocenters. The van der Waals surface area contributed by atoms with Crippen molar-refractivity contribution >= 4 is 9.84 Å². The molecule has 0 aromatic rings. The van der Waals surface area contributed by atoms with Crippen molar-refractivity contribution in [2.24, 2.45) is 16.7 Å². The molecule has 0 spiro atoms. The van der Waals surface area contributed by atoms with Gasteiger partial charge in [0.2, 0.25) is 0 Å². The molecule has 0 aromatic heterocycles. The molecule has 0 aliphatic rings. The van der Waals surface area contributed by atoms with Crippen LogP contribution < -0.4 is 0 Å². The third kappa shape index (κ3) is 4.99.